The molecular weight excluding hydrogens is 357 g/mol. The van der Waals surface area contributed by atoms with E-state index in [1.165, 1.54) is 19.1 Å². The van der Waals surface area contributed by atoms with Crippen molar-refractivity contribution in [2.45, 2.75) is 27.2 Å². The third kappa shape index (κ3) is 6.80. The number of carbonyl (C=O) groups excluding carboxylic acids is 1. The molecule has 0 saturated carbocycles. The van der Waals surface area contributed by atoms with Crippen molar-refractivity contribution in [3.8, 4) is 5.75 Å². The third-order valence-electron chi connectivity index (χ3n) is 2.67. The molecule has 0 fully saturated rings. The Labute approximate surface area is 130 Å². The molecule has 1 atom stereocenters. The van der Waals surface area contributed by atoms with E-state index in [1.54, 1.807) is 6.92 Å². The molecule has 0 aliphatic heterocycles. The predicted molar refractivity (Wildman–Crippen MR) is 80.0 cm³/mol. The van der Waals surface area contributed by atoms with Gasteiger partial charge in [0.1, 0.15) is 0 Å². The summed E-state index contributed by atoms with van der Waals surface area (Å²) in [5, 5.41) is 19.9. The molecule has 0 aromatic heterocycles. The van der Waals surface area contributed by atoms with Crippen molar-refractivity contribution in [2.24, 2.45) is 5.92 Å². The summed E-state index contributed by atoms with van der Waals surface area (Å²) in [5.74, 6) is -1.90. The van der Waals surface area contributed by atoms with Gasteiger partial charge in [0, 0.05) is 0 Å². The van der Waals surface area contributed by atoms with Gasteiger partial charge in [-0.25, -0.2) is 0 Å². The third-order valence-corrected chi connectivity index (χ3v) is 4.75. The van der Waals surface area contributed by atoms with Gasteiger partial charge >= 0.3 is 94.1 Å². The average molecular weight is 377 g/mol. The molecule has 1 amide bonds. The van der Waals surface area contributed by atoms with Crippen molar-refractivity contribution in [2.75, 3.05) is 5.32 Å². The normalized spacial score (nSPS) is 11.9. The van der Waals surface area contributed by atoms with Gasteiger partial charge in [0.05, 0.1) is 5.92 Å². The Morgan fingerprint density at radius 3 is 2.18 bits per heavy atom. The summed E-state index contributed by atoms with van der Waals surface area (Å²) in [6.07, 6.45) is 0.718. The van der Waals surface area contributed by atoms with Crippen molar-refractivity contribution in [1.82, 2.24) is 0 Å². The number of aromatic hydroxyl groups is 1. The Bertz CT molecular complexity index is 582. The van der Waals surface area contributed by atoms with Crippen molar-refractivity contribution >= 4 is 36.1 Å². The zero-order chi connectivity index (χ0) is 17.5. The molecule has 1 rings (SSSR count). The van der Waals surface area contributed by atoms with Crippen molar-refractivity contribution < 1.29 is 31.7 Å². The molecule has 0 aliphatic carbocycles. The van der Waals surface area contributed by atoms with Crippen LogP contribution in [0.4, 0.5) is 5.69 Å². The number of phenols is 1. The summed E-state index contributed by atoms with van der Waals surface area (Å²) in [6, 6.07) is 3.83. The number of carbonyl (C=O) groups is 2. The first-order chi connectivity index (χ1) is 10.0. The van der Waals surface area contributed by atoms with Crippen LogP contribution in [0.2, 0.25) is 0 Å². The van der Waals surface area contributed by atoms with Crippen LogP contribution in [-0.2, 0) is 13.3 Å². The molecule has 124 valence electrons. The first kappa shape index (κ1) is 20.2. The van der Waals surface area contributed by atoms with Crippen LogP contribution in [0.1, 0.15) is 27.2 Å². The number of anilines is 1. The molecule has 1 aromatic rings. The number of phenolic OH excluding ortho intramolecular Hbond substituents is 1. The Hall–Kier alpha value is -1.76. The fourth-order valence-corrected chi connectivity index (χ4v) is 2.65. The number of hydrogen-bond acceptors (Lipinski definition) is 4. The van der Waals surface area contributed by atoms with Gasteiger partial charge in [0.25, 0.3) is 0 Å². The minimum Gasteiger partial charge on any atom is -0.481 e. The zero-order valence-electron chi connectivity index (χ0n) is 12.5. The monoisotopic (exact) mass is 377 g/mol. The van der Waals surface area contributed by atoms with Gasteiger partial charge in [-0.2, -0.15) is 0 Å². The minimum absolute atomic E-state index is 0.00951. The van der Waals surface area contributed by atoms with Gasteiger partial charge in [0.15, 0.2) is 0 Å². The second kappa shape index (κ2) is 8.63. The van der Waals surface area contributed by atoms with E-state index in [4.69, 9.17) is 13.3 Å². The van der Waals surface area contributed by atoms with Crippen LogP contribution in [0, 0.1) is 5.92 Å². The van der Waals surface area contributed by atoms with Crippen LogP contribution >= 0.6 is 0 Å². The first-order valence-corrected chi connectivity index (χ1v) is 9.77. The van der Waals surface area contributed by atoms with Gasteiger partial charge in [-0.05, 0) is 6.42 Å². The molecule has 0 aliphatic rings. The molecule has 0 saturated heterocycles. The number of hydrogen-bond donors (Lipinski definition) is 5. The van der Waals surface area contributed by atoms with Gasteiger partial charge < -0.3 is 5.11 Å². The number of carboxylic acid groups (broad SMARTS) is 1. The summed E-state index contributed by atoms with van der Waals surface area (Å²) in [5.41, 5.74) is -0.00951. The molecule has 0 spiro atoms. The van der Waals surface area contributed by atoms with E-state index in [0.717, 1.165) is 12.5 Å². The van der Waals surface area contributed by atoms with Gasteiger partial charge in [-0.1, -0.05) is 13.8 Å². The van der Waals surface area contributed by atoms with Crippen LogP contribution in [0.5, 0.6) is 5.75 Å². The molecule has 9 heteroatoms. The maximum atomic E-state index is 11.0. The van der Waals surface area contributed by atoms with E-state index < -0.39 is 36.1 Å². The standard InChI is InChI=1S/C8H10AsNO5.C5H10O2/c1-5(11)10-7-4-2-3-6(8(7)12)9(13,14)15;1-3-4(2)5(6)7/h2-4,12H,1H3,(H,10,11)(H2,13,14,15);4H,3H2,1-2H3,(H,6,7). The largest absolute Gasteiger partial charge is 0.481 e. The summed E-state index contributed by atoms with van der Waals surface area (Å²) < 4.78 is 28.4. The maximum absolute atomic E-state index is 11.0. The van der Waals surface area contributed by atoms with E-state index in [1.807, 2.05) is 6.92 Å². The number of nitrogens with one attached hydrogen (secondary N) is 1. The molecule has 0 heterocycles. The average Bonchev–Trinajstić information content (AvgIpc) is 2.39. The summed E-state index contributed by atoms with van der Waals surface area (Å²) in [4.78, 5) is 20.6. The number of amides is 1. The predicted octanol–water partition coefficient (Wildman–Crippen LogP) is 0.0287. The number of benzene rings is 1. The molecule has 1 aromatic carbocycles. The van der Waals surface area contributed by atoms with E-state index >= 15 is 0 Å². The fourth-order valence-electron chi connectivity index (χ4n) is 1.23. The fraction of sp³-hybridized carbons (Fsp3) is 0.385. The number of carboxylic acids is 1. The Morgan fingerprint density at radius 2 is 1.86 bits per heavy atom. The molecular formula is C13H20AsNO7. The molecule has 0 radical (unpaired) electrons. The van der Waals surface area contributed by atoms with E-state index in [9.17, 15) is 18.4 Å². The molecule has 1 unspecified atom stereocenters. The SMILES string of the molecule is CC(=O)Nc1cccc([As](=O)(O)O)c1O.CCC(C)C(=O)O. The van der Waals surface area contributed by atoms with E-state index in [2.05, 4.69) is 5.32 Å². The van der Waals surface area contributed by atoms with Crippen molar-refractivity contribution in [3.63, 3.8) is 0 Å². The minimum atomic E-state index is -5.15. The van der Waals surface area contributed by atoms with E-state index in [-0.39, 0.29) is 11.6 Å². The first-order valence-electron chi connectivity index (χ1n) is 6.39. The van der Waals surface area contributed by atoms with Crippen molar-refractivity contribution in [1.29, 1.82) is 0 Å². The quantitative estimate of drug-likeness (QED) is 0.368. The van der Waals surface area contributed by atoms with Crippen LogP contribution in [0.15, 0.2) is 18.2 Å². The number of para-hydroxylation sites is 1. The Balaban J connectivity index is 0.000000534. The van der Waals surface area contributed by atoms with Crippen molar-refractivity contribution in [3.05, 3.63) is 18.2 Å². The second-order valence-electron chi connectivity index (χ2n) is 4.55. The second-order valence-corrected chi connectivity index (χ2v) is 7.84. The van der Waals surface area contributed by atoms with Crippen LogP contribution in [0.3, 0.4) is 0 Å². The van der Waals surface area contributed by atoms with Crippen LogP contribution in [-0.4, -0.2) is 44.5 Å². The van der Waals surface area contributed by atoms with Crippen LogP contribution < -0.4 is 9.67 Å². The van der Waals surface area contributed by atoms with E-state index in [0.29, 0.717) is 0 Å². The smallest absolute Gasteiger partial charge is 0.306 e. The van der Waals surface area contributed by atoms with Gasteiger partial charge in [-0.3, -0.25) is 4.79 Å². The number of rotatable bonds is 4. The van der Waals surface area contributed by atoms with Gasteiger partial charge in [0.2, 0.25) is 0 Å². The van der Waals surface area contributed by atoms with Crippen LogP contribution in [0.25, 0.3) is 0 Å². The molecule has 8 nitrogen and oxygen atoms in total. The topological polar surface area (TPSA) is 144 Å². The molecule has 22 heavy (non-hydrogen) atoms. The Morgan fingerprint density at radius 1 is 1.32 bits per heavy atom. The molecule has 5 N–H and O–H groups in total. The molecule has 0 bridgehead atoms. The zero-order valence-corrected chi connectivity index (χ0v) is 14.4. The maximum Gasteiger partial charge on any atom is 0.306 e. The van der Waals surface area contributed by atoms with Gasteiger partial charge in [-0.15, -0.1) is 0 Å². The summed E-state index contributed by atoms with van der Waals surface area (Å²) in [6.45, 7) is 4.79. The Kier molecular flexibility index (Phi) is 7.93. The summed E-state index contributed by atoms with van der Waals surface area (Å²) >= 11 is -5.15. The number of aliphatic carboxylic acids is 1. The summed E-state index contributed by atoms with van der Waals surface area (Å²) in [7, 11) is 0.